The first kappa shape index (κ1) is 13.3. The summed E-state index contributed by atoms with van der Waals surface area (Å²) in [5.41, 5.74) is 1.57. The van der Waals surface area contributed by atoms with Crippen molar-refractivity contribution in [3.8, 4) is 0 Å². The number of piperidine rings is 1. The minimum absolute atomic E-state index is 0.00410. The van der Waals surface area contributed by atoms with Gasteiger partial charge < -0.3 is 0 Å². The summed E-state index contributed by atoms with van der Waals surface area (Å²) >= 11 is 0. The van der Waals surface area contributed by atoms with E-state index >= 15 is 0 Å². The smallest absolute Gasteiger partial charge is 0.234 e. The number of imide groups is 1. The number of nitrogens with zero attached hydrogens (tertiary/aromatic N) is 1. The van der Waals surface area contributed by atoms with Crippen molar-refractivity contribution in [1.29, 1.82) is 0 Å². The molecule has 0 bridgehead atoms. The van der Waals surface area contributed by atoms with Gasteiger partial charge in [-0.3, -0.25) is 14.5 Å². The third kappa shape index (κ3) is 1.52. The maximum absolute atomic E-state index is 12.6. The lowest BCUT2D eigenvalue weighted by Gasteiger charge is -2.33. The average molecular weight is 271 g/mol. The van der Waals surface area contributed by atoms with Crippen LogP contribution in [0.15, 0.2) is 24.3 Å². The highest BCUT2D eigenvalue weighted by atomic mass is 16.2. The van der Waals surface area contributed by atoms with Crippen molar-refractivity contribution in [3.63, 3.8) is 0 Å². The molecule has 3 rings (SSSR count). The highest BCUT2D eigenvalue weighted by Gasteiger charge is 2.76. The van der Waals surface area contributed by atoms with E-state index in [4.69, 9.17) is 0 Å². The topological polar surface area (TPSA) is 37.4 Å². The Bertz CT molecular complexity index is 572. The summed E-state index contributed by atoms with van der Waals surface area (Å²) in [5, 5.41) is 0. The molecule has 1 saturated carbocycles. The van der Waals surface area contributed by atoms with Crippen molar-refractivity contribution in [1.82, 2.24) is 4.90 Å². The maximum atomic E-state index is 12.6. The normalized spacial score (nSPS) is 32.5. The molecule has 1 aromatic carbocycles. The summed E-state index contributed by atoms with van der Waals surface area (Å²) < 4.78 is 0. The Morgan fingerprint density at radius 1 is 1.00 bits per heavy atom. The summed E-state index contributed by atoms with van der Waals surface area (Å²) in [6.07, 6.45) is 0. The number of likely N-dealkylation sites (tertiary alicyclic amines) is 1. The molecule has 3 atom stereocenters. The lowest BCUT2D eigenvalue weighted by atomic mass is 9.90. The third-order valence-electron chi connectivity index (χ3n) is 4.83. The fourth-order valence-corrected chi connectivity index (χ4v) is 3.63. The molecule has 20 heavy (non-hydrogen) atoms. The monoisotopic (exact) mass is 271 g/mol. The molecular formula is C17H21NO2. The van der Waals surface area contributed by atoms with Crippen LogP contribution >= 0.6 is 0 Å². The summed E-state index contributed by atoms with van der Waals surface area (Å²) in [6.45, 7) is 9.82. The summed E-state index contributed by atoms with van der Waals surface area (Å²) in [5.74, 6) is -0.347. The number of aryl methyl sites for hydroxylation is 1. The van der Waals surface area contributed by atoms with Gasteiger partial charge in [0.1, 0.15) is 0 Å². The molecule has 0 radical (unpaired) electrons. The molecule has 1 aromatic rings. The minimum atomic E-state index is -0.421. The molecule has 1 aliphatic carbocycles. The second kappa shape index (κ2) is 3.72. The van der Waals surface area contributed by atoms with Crippen molar-refractivity contribution in [3.05, 3.63) is 35.4 Å². The Hall–Kier alpha value is -1.64. The van der Waals surface area contributed by atoms with Crippen LogP contribution in [0.1, 0.15) is 38.8 Å². The first-order valence-electron chi connectivity index (χ1n) is 7.14. The van der Waals surface area contributed by atoms with Crippen LogP contribution in [0.3, 0.4) is 0 Å². The SMILES string of the molecule is Cc1ccc(C2(C)[C@@H]3C(=O)N(C(C)(C)C)C(=O)[C@@H]32)cc1. The van der Waals surface area contributed by atoms with Crippen molar-refractivity contribution in [2.45, 2.75) is 45.6 Å². The number of fused-ring (bicyclic) bond motifs is 1. The number of carbonyl (C=O) groups is 2. The van der Waals surface area contributed by atoms with Gasteiger partial charge in [0.2, 0.25) is 11.8 Å². The zero-order valence-corrected chi connectivity index (χ0v) is 12.7. The fourth-order valence-electron chi connectivity index (χ4n) is 3.63. The predicted molar refractivity (Wildman–Crippen MR) is 77.1 cm³/mol. The molecule has 1 saturated heterocycles. The van der Waals surface area contributed by atoms with Crippen LogP contribution in [0.2, 0.25) is 0 Å². The average Bonchev–Trinajstić information content (AvgIpc) is 2.85. The van der Waals surface area contributed by atoms with Crippen molar-refractivity contribution in [2.75, 3.05) is 0 Å². The molecule has 3 nitrogen and oxygen atoms in total. The van der Waals surface area contributed by atoms with Crippen LogP contribution in [0.5, 0.6) is 0 Å². The van der Waals surface area contributed by atoms with Gasteiger partial charge in [-0.1, -0.05) is 36.8 Å². The molecule has 2 fully saturated rings. The van der Waals surface area contributed by atoms with Crippen LogP contribution in [0, 0.1) is 18.8 Å². The second-order valence-corrected chi connectivity index (χ2v) is 7.29. The lowest BCUT2D eigenvalue weighted by molar-refractivity contribution is -0.147. The largest absolute Gasteiger partial charge is 0.277 e. The zero-order chi connectivity index (χ0) is 14.9. The Balaban J connectivity index is 1.95. The van der Waals surface area contributed by atoms with E-state index in [-0.39, 0.29) is 29.1 Å². The molecule has 0 spiro atoms. The Morgan fingerprint density at radius 3 is 1.85 bits per heavy atom. The molecule has 0 N–H and O–H groups in total. The van der Waals surface area contributed by atoms with E-state index in [0.29, 0.717) is 0 Å². The van der Waals surface area contributed by atoms with Gasteiger partial charge in [-0.2, -0.15) is 0 Å². The highest BCUT2D eigenvalue weighted by Crippen LogP contribution is 2.65. The van der Waals surface area contributed by atoms with E-state index in [0.717, 1.165) is 5.56 Å². The maximum Gasteiger partial charge on any atom is 0.234 e. The summed E-state index contributed by atoms with van der Waals surface area (Å²) in [4.78, 5) is 26.6. The van der Waals surface area contributed by atoms with E-state index in [9.17, 15) is 9.59 Å². The van der Waals surface area contributed by atoms with Gasteiger partial charge >= 0.3 is 0 Å². The first-order valence-corrected chi connectivity index (χ1v) is 7.14. The van der Waals surface area contributed by atoms with Gasteiger partial charge in [-0.25, -0.2) is 0 Å². The van der Waals surface area contributed by atoms with E-state index in [2.05, 4.69) is 12.1 Å². The van der Waals surface area contributed by atoms with Gasteiger partial charge in [0, 0.05) is 11.0 Å². The highest BCUT2D eigenvalue weighted by molar-refractivity contribution is 6.12. The van der Waals surface area contributed by atoms with Crippen LogP contribution in [-0.4, -0.2) is 22.3 Å². The van der Waals surface area contributed by atoms with E-state index in [1.807, 2.05) is 46.8 Å². The van der Waals surface area contributed by atoms with E-state index < -0.39 is 5.54 Å². The standard InChI is InChI=1S/C17H21NO2/c1-10-6-8-11(9-7-10)17(5)12-13(17)15(20)18(14(12)19)16(2,3)4/h6-9,12-13H,1-5H3/t12-,13+,17?. The zero-order valence-electron chi connectivity index (χ0n) is 12.7. The van der Waals surface area contributed by atoms with Crippen LogP contribution in [0.25, 0.3) is 0 Å². The predicted octanol–water partition coefficient (Wildman–Crippen LogP) is 2.67. The minimum Gasteiger partial charge on any atom is -0.277 e. The van der Waals surface area contributed by atoms with Gasteiger partial charge in [0.15, 0.2) is 0 Å². The third-order valence-corrected chi connectivity index (χ3v) is 4.83. The molecule has 2 amide bonds. The number of carbonyl (C=O) groups excluding carboxylic acids is 2. The fraction of sp³-hybridized carbons (Fsp3) is 0.529. The number of benzene rings is 1. The molecule has 0 aromatic heterocycles. The lowest BCUT2D eigenvalue weighted by Crippen LogP contribution is -2.49. The Kier molecular flexibility index (Phi) is 2.48. The molecular weight excluding hydrogens is 250 g/mol. The molecule has 106 valence electrons. The molecule has 1 aliphatic heterocycles. The van der Waals surface area contributed by atoms with Crippen molar-refractivity contribution in [2.24, 2.45) is 11.8 Å². The van der Waals surface area contributed by atoms with Crippen molar-refractivity contribution >= 4 is 11.8 Å². The van der Waals surface area contributed by atoms with Crippen LogP contribution in [0.4, 0.5) is 0 Å². The van der Waals surface area contributed by atoms with Crippen LogP contribution in [-0.2, 0) is 15.0 Å². The van der Waals surface area contributed by atoms with Crippen molar-refractivity contribution < 1.29 is 9.59 Å². The molecule has 3 heteroatoms. The van der Waals surface area contributed by atoms with Gasteiger partial charge in [-0.15, -0.1) is 0 Å². The molecule has 1 unspecified atom stereocenters. The molecule has 1 heterocycles. The Labute approximate surface area is 120 Å². The van der Waals surface area contributed by atoms with E-state index in [1.165, 1.54) is 10.5 Å². The molecule has 2 aliphatic rings. The number of hydrogen-bond acceptors (Lipinski definition) is 2. The summed E-state index contributed by atoms with van der Waals surface area (Å²) in [6, 6.07) is 8.20. The quantitative estimate of drug-likeness (QED) is 0.736. The Morgan fingerprint density at radius 2 is 1.45 bits per heavy atom. The van der Waals surface area contributed by atoms with Crippen LogP contribution < -0.4 is 0 Å². The second-order valence-electron chi connectivity index (χ2n) is 7.29. The number of rotatable bonds is 1. The van der Waals surface area contributed by atoms with E-state index in [1.54, 1.807) is 0 Å². The van der Waals surface area contributed by atoms with Gasteiger partial charge in [-0.05, 0) is 33.3 Å². The number of amides is 2. The summed E-state index contributed by atoms with van der Waals surface area (Å²) in [7, 11) is 0. The van der Waals surface area contributed by atoms with Gasteiger partial charge in [0.05, 0.1) is 11.8 Å². The number of hydrogen-bond donors (Lipinski definition) is 0. The van der Waals surface area contributed by atoms with Gasteiger partial charge in [0.25, 0.3) is 0 Å². The first-order chi connectivity index (χ1) is 9.19.